The Kier molecular flexibility index (Phi) is 10.5. The fraction of sp³-hybridized carbons (Fsp3) is 0.333. The second kappa shape index (κ2) is 13.6. The third-order valence-corrected chi connectivity index (χ3v) is 7.67. The molecule has 1 N–H and O–H groups in total. The first-order chi connectivity index (χ1) is 18.5. The Morgan fingerprint density at radius 2 is 1.51 bits per heavy atom. The van der Waals surface area contributed by atoms with Crippen LogP contribution >= 0.6 is 11.6 Å². The molecule has 0 aromatic heterocycles. The highest BCUT2D eigenvalue weighted by atomic mass is 35.5. The quantitative estimate of drug-likeness (QED) is 0.338. The molecule has 0 bridgehead atoms. The van der Waals surface area contributed by atoms with E-state index in [0.29, 0.717) is 17.1 Å². The highest BCUT2D eigenvalue weighted by Crippen LogP contribution is 2.25. The van der Waals surface area contributed by atoms with E-state index in [-0.39, 0.29) is 24.9 Å². The van der Waals surface area contributed by atoms with Gasteiger partial charge in [-0.15, -0.1) is 0 Å². The summed E-state index contributed by atoms with van der Waals surface area (Å²) in [7, 11) is -3.81. The van der Waals surface area contributed by atoms with Crippen LogP contribution in [0.5, 0.6) is 0 Å². The second-order valence-corrected chi connectivity index (χ2v) is 12.1. The number of rotatable bonds is 12. The fourth-order valence-electron chi connectivity index (χ4n) is 4.37. The molecule has 1 atom stereocenters. The topological polar surface area (TPSA) is 86.8 Å². The number of anilines is 1. The molecular weight excluding hydrogens is 534 g/mol. The summed E-state index contributed by atoms with van der Waals surface area (Å²) in [5, 5.41) is 3.49. The molecule has 0 fully saturated rings. The number of nitrogens with one attached hydrogen (secondary N) is 1. The average Bonchev–Trinajstić information content (AvgIpc) is 2.89. The van der Waals surface area contributed by atoms with Gasteiger partial charge in [-0.05, 0) is 55.2 Å². The predicted octanol–water partition coefficient (Wildman–Crippen LogP) is 4.83. The zero-order valence-corrected chi connectivity index (χ0v) is 24.4. The minimum absolute atomic E-state index is 0.103. The van der Waals surface area contributed by atoms with Gasteiger partial charge >= 0.3 is 0 Å². The summed E-state index contributed by atoms with van der Waals surface area (Å²) in [6.45, 7) is 5.31. The van der Waals surface area contributed by atoms with Crippen LogP contribution in [0.1, 0.15) is 37.5 Å². The number of aryl methyl sites for hydroxylation is 1. The maximum atomic E-state index is 14.1. The third kappa shape index (κ3) is 8.57. The molecule has 9 heteroatoms. The Morgan fingerprint density at radius 3 is 2.10 bits per heavy atom. The maximum absolute atomic E-state index is 14.1. The predicted molar refractivity (Wildman–Crippen MR) is 157 cm³/mol. The molecule has 3 aromatic carbocycles. The molecule has 0 radical (unpaired) electrons. The van der Waals surface area contributed by atoms with Gasteiger partial charge in [-0.2, -0.15) is 0 Å². The van der Waals surface area contributed by atoms with E-state index in [9.17, 15) is 18.0 Å². The van der Waals surface area contributed by atoms with Crippen molar-refractivity contribution in [2.24, 2.45) is 0 Å². The number of hydrogen-bond acceptors (Lipinski definition) is 4. The molecule has 0 aliphatic rings. The number of benzene rings is 3. The zero-order valence-electron chi connectivity index (χ0n) is 22.8. The smallest absolute Gasteiger partial charge is 0.244 e. The van der Waals surface area contributed by atoms with Gasteiger partial charge in [-0.1, -0.05) is 79.2 Å². The van der Waals surface area contributed by atoms with Crippen molar-refractivity contribution in [1.29, 1.82) is 0 Å². The van der Waals surface area contributed by atoms with E-state index in [1.165, 1.54) is 4.90 Å². The van der Waals surface area contributed by atoms with E-state index in [0.717, 1.165) is 27.3 Å². The van der Waals surface area contributed by atoms with Crippen LogP contribution in [0.25, 0.3) is 0 Å². The van der Waals surface area contributed by atoms with E-state index in [4.69, 9.17) is 11.6 Å². The fourth-order valence-corrected chi connectivity index (χ4v) is 5.38. The van der Waals surface area contributed by atoms with Crippen molar-refractivity contribution < 1.29 is 18.0 Å². The van der Waals surface area contributed by atoms with Crippen molar-refractivity contribution >= 4 is 39.1 Å². The van der Waals surface area contributed by atoms with Gasteiger partial charge in [0.1, 0.15) is 12.6 Å². The molecule has 0 unspecified atom stereocenters. The average molecular weight is 570 g/mol. The minimum Gasteiger partial charge on any atom is -0.352 e. The summed E-state index contributed by atoms with van der Waals surface area (Å²) in [5.41, 5.74) is 2.90. The molecule has 0 heterocycles. The van der Waals surface area contributed by atoms with E-state index >= 15 is 0 Å². The number of carbonyl (C=O) groups excluding carboxylic acids is 2. The molecule has 3 aromatic rings. The van der Waals surface area contributed by atoms with Crippen LogP contribution in [0.3, 0.4) is 0 Å². The zero-order chi connectivity index (χ0) is 28.6. The maximum Gasteiger partial charge on any atom is 0.244 e. The van der Waals surface area contributed by atoms with Crippen LogP contribution in [0.4, 0.5) is 5.69 Å². The summed E-state index contributed by atoms with van der Waals surface area (Å²) in [6.07, 6.45) is 1.95. The molecule has 3 rings (SSSR count). The number of para-hydroxylation sites is 1. The number of halogens is 1. The van der Waals surface area contributed by atoms with Gasteiger partial charge in [-0.3, -0.25) is 13.9 Å². The number of sulfonamides is 1. The van der Waals surface area contributed by atoms with Crippen molar-refractivity contribution in [3.63, 3.8) is 0 Å². The van der Waals surface area contributed by atoms with Crippen LogP contribution < -0.4 is 9.62 Å². The van der Waals surface area contributed by atoms with Crippen molar-refractivity contribution in [3.8, 4) is 0 Å². The molecular formula is C30H36ClN3O4S. The Bertz CT molecular complexity index is 1360. The van der Waals surface area contributed by atoms with Crippen LogP contribution in [0.2, 0.25) is 5.02 Å². The monoisotopic (exact) mass is 569 g/mol. The number of carbonyl (C=O) groups is 2. The Balaban J connectivity index is 2.07. The molecule has 0 saturated carbocycles. The van der Waals surface area contributed by atoms with Crippen LogP contribution in [-0.4, -0.2) is 50.0 Å². The van der Waals surface area contributed by atoms with E-state index in [2.05, 4.69) is 5.32 Å². The first-order valence-electron chi connectivity index (χ1n) is 12.9. The van der Waals surface area contributed by atoms with Crippen molar-refractivity contribution in [2.45, 2.75) is 52.2 Å². The van der Waals surface area contributed by atoms with Gasteiger partial charge in [0.25, 0.3) is 0 Å². The molecule has 39 heavy (non-hydrogen) atoms. The minimum atomic E-state index is -3.81. The van der Waals surface area contributed by atoms with Gasteiger partial charge in [0.05, 0.1) is 11.9 Å². The lowest BCUT2D eigenvalue weighted by Crippen LogP contribution is -2.54. The summed E-state index contributed by atoms with van der Waals surface area (Å²) in [4.78, 5) is 29.1. The number of amides is 2. The largest absolute Gasteiger partial charge is 0.352 e. The summed E-state index contributed by atoms with van der Waals surface area (Å²) < 4.78 is 27.0. The lowest BCUT2D eigenvalue weighted by molar-refractivity contribution is -0.140. The number of hydrogen-bond donors (Lipinski definition) is 1. The summed E-state index contributed by atoms with van der Waals surface area (Å²) >= 11 is 6.09. The molecule has 0 aliphatic heterocycles. The van der Waals surface area contributed by atoms with Crippen LogP contribution in [0, 0.1) is 0 Å². The highest BCUT2D eigenvalue weighted by molar-refractivity contribution is 7.92. The summed E-state index contributed by atoms with van der Waals surface area (Å²) in [6, 6.07) is 22.6. The standard InChI is InChI=1S/C30H36ClN3O4S/c1-5-25-13-9-10-14-27(25)34(39(4,37)38)21-29(35)33(20-24-15-17-26(31)18-16-24)28(30(36)32-22(2)3)19-23-11-7-6-8-12-23/h6-18,22,28H,5,19-21H2,1-4H3,(H,32,36)/t28-/m0/s1. The highest BCUT2D eigenvalue weighted by Gasteiger charge is 2.33. The lowest BCUT2D eigenvalue weighted by Gasteiger charge is -2.34. The van der Waals surface area contributed by atoms with Gasteiger partial charge in [0, 0.05) is 24.0 Å². The second-order valence-electron chi connectivity index (χ2n) is 9.77. The molecule has 0 saturated heterocycles. The van der Waals surface area contributed by atoms with Crippen LogP contribution in [0.15, 0.2) is 78.9 Å². The van der Waals surface area contributed by atoms with Crippen molar-refractivity contribution in [2.75, 3.05) is 17.1 Å². The van der Waals surface area contributed by atoms with Crippen LogP contribution in [-0.2, 0) is 39.0 Å². The molecule has 7 nitrogen and oxygen atoms in total. The molecule has 0 spiro atoms. The van der Waals surface area contributed by atoms with E-state index in [1.807, 2.05) is 63.2 Å². The first-order valence-corrected chi connectivity index (χ1v) is 15.2. The number of nitrogens with zero attached hydrogens (tertiary/aromatic N) is 2. The van der Waals surface area contributed by atoms with Gasteiger partial charge < -0.3 is 10.2 Å². The normalized spacial score (nSPS) is 12.2. The Hall–Kier alpha value is -3.36. The molecule has 0 aliphatic carbocycles. The molecule has 2 amide bonds. The Morgan fingerprint density at radius 1 is 0.897 bits per heavy atom. The Labute approximate surface area is 236 Å². The van der Waals surface area contributed by atoms with Gasteiger partial charge in [-0.25, -0.2) is 8.42 Å². The van der Waals surface area contributed by atoms with Crippen molar-refractivity contribution in [1.82, 2.24) is 10.2 Å². The SMILES string of the molecule is CCc1ccccc1N(CC(=O)N(Cc1ccc(Cl)cc1)[C@@H](Cc1ccccc1)C(=O)NC(C)C)S(C)(=O)=O. The first kappa shape index (κ1) is 30.2. The van der Waals surface area contributed by atoms with Gasteiger partial charge in [0.15, 0.2) is 0 Å². The summed E-state index contributed by atoms with van der Waals surface area (Å²) in [5.74, 6) is -0.794. The third-order valence-electron chi connectivity index (χ3n) is 6.29. The van der Waals surface area contributed by atoms with E-state index < -0.39 is 28.5 Å². The lowest BCUT2D eigenvalue weighted by atomic mass is 10.0. The van der Waals surface area contributed by atoms with Crippen molar-refractivity contribution in [3.05, 3.63) is 101 Å². The molecule has 208 valence electrons. The van der Waals surface area contributed by atoms with Gasteiger partial charge in [0.2, 0.25) is 21.8 Å². The van der Waals surface area contributed by atoms with E-state index in [1.54, 1.807) is 36.4 Å².